The van der Waals surface area contributed by atoms with Gasteiger partial charge >= 0.3 is 17.9 Å². The fraction of sp³-hybridized carbons (Fsp3) is 0.350. The summed E-state index contributed by atoms with van der Waals surface area (Å²) in [5.74, 6) is -4.23. The zero-order chi connectivity index (χ0) is 23.6. The average molecular weight is 463 g/mol. The Kier molecular flexibility index (Phi) is 6.84. The fourth-order valence-electron chi connectivity index (χ4n) is 3.63. The summed E-state index contributed by atoms with van der Waals surface area (Å²) in [5, 5.41) is 20.8. The van der Waals surface area contributed by atoms with E-state index >= 15 is 0 Å². The minimum Gasteiger partial charge on any atom is -0.478 e. The highest BCUT2D eigenvalue weighted by Gasteiger charge is 2.55. The maximum Gasteiger partial charge on any atom is 0.352 e. The molecule has 32 heavy (non-hydrogen) atoms. The molecule has 1 fully saturated rings. The first kappa shape index (κ1) is 23.3. The number of ether oxygens (including phenoxy) is 1. The molecule has 0 radical (unpaired) electrons. The van der Waals surface area contributed by atoms with Crippen molar-refractivity contribution < 1.29 is 38.9 Å². The van der Waals surface area contributed by atoms with Crippen molar-refractivity contribution >= 4 is 41.5 Å². The molecule has 2 heterocycles. The summed E-state index contributed by atoms with van der Waals surface area (Å²) in [6.07, 6.45) is -1.24. The van der Waals surface area contributed by atoms with E-state index in [1.165, 1.54) is 30.8 Å². The van der Waals surface area contributed by atoms with E-state index in [9.17, 15) is 34.2 Å². The highest BCUT2D eigenvalue weighted by molar-refractivity contribution is 8.00. The van der Waals surface area contributed by atoms with Gasteiger partial charge in [0.1, 0.15) is 23.2 Å². The summed E-state index contributed by atoms with van der Waals surface area (Å²) in [6.45, 7) is 1.02. The second-order valence-corrected chi connectivity index (χ2v) is 8.21. The van der Waals surface area contributed by atoms with Crippen LogP contribution in [-0.2, 0) is 30.3 Å². The standard InChI is InChI=1S/C20H21N3O8S/c1-9(24)31-13(7-21)12-8-32-18-15(17(26)23(18)16(12)20(29)30)22-14(25)6-10-4-2-3-5-11(10)19(27)28/h2-5,13,15,18H,6-8,21H2,1H3,(H,22,25)(H,27,28)(H,29,30)/t13?,15-,18+/m0/s1. The molecule has 170 valence electrons. The zero-order valence-electron chi connectivity index (χ0n) is 16.9. The lowest BCUT2D eigenvalue weighted by Gasteiger charge is -2.50. The molecule has 11 nitrogen and oxygen atoms in total. The number of nitrogens with one attached hydrogen (secondary N) is 1. The van der Waals surface area contributed by atoms with E-state index in [0.717, 1.165) is 4.90 Å². The van der Waals surface area contributed by atoms with E-state index in [1.807, 2.05) is 0 Å². The van der Waals surface area contributed by atoms with Crippen LogP contribution in [0.25, 0.3) is 0 Å². The van der Waals surface area contributed by atoms with Crippen LogP contribution in [-0.4, -0.2) is 74.7 Å². The van der Waals surface area contributed by atoms with Crippen LogP contribution >= 0.6 is 11.8 Å². The topological polar surface area (TPSA) is 176 Å². The Morgan fingerprint density at radius 2 is 1.94 bits per heavy atom. The number of fused-ring (bicyclic) bond motifs is 1. The Morgan fingerprint density at radius 1 is 1.25 bits per heavy atom. The van der Waals surface area contributed by atoms with Crippen molar-refractivity contribution in [3.8, 4) is 0 Å². The summed E-state index contributed by atoms with van der Waals surface area (Å²) in [5.41, 5.74) is 5.81. The molecule has 3 rings (SSSR count). The molecule has 1 aromatic rings. The highest BCUT2D eigenvalue weighted by Crippen LogP contribution is 2.41. The van der Waals surface area contributed by atoms with Crippen LogP contribution in [0.15, 0.2) is 35.5 Å². The number of hydrogen-bond acceptors (Lipinski definition) is 8. The quantitative estimate of drug-likeness (QED) is 0.292. The number of carboxylic acid groups (broad SMARTS) is 2. The van der Waals surface area contributed by atoms with Gasteiger partial charge in [-0.25, -0.2) is 9.59 Å². The molecule has 5 N–H and O–H groups in total. The molecular formula is C20H21N3O8S. The van der Waals surface area contributed by atoms with Crippen LogP contribution < -0.4 is 11.1 Å². The van der Waals surface area contributed by atoms with Crippen LogP contribution in [0.2, 0.25) is 0 Å². The van der Waals surface area contributed by atoms with Crippen LogP contribution in [0.1, 0.15) is 22.8 Å². The monoisotopic (exact) mass is 463 g/mol. The van der Waals surface area contributed by atoms with Gasteiger partial charge in [0.25, 0.3) is 5.91 Å². The lowest BCUT2D eigenvalue weighted by molar-refractivity contribution is -0.151. The van der Waals surface area contributed by atoms with Crippen molar-refractivity contribution in [2.24, 2.45) is 5.73 Å². The molecular weight excluding hydrogens is 442 g/mol. The molecule has 0 bridgehead atoms. The molecule has 12 heteroatoms. The van der Waals surface area contributed by atoms with Gasteiger partial charge in [-0.05, 0) is 11.6 Å². The molecule has 3 atom stereocenters. The number of β-lactam (4-membered cyclic amide) rings is 1. The highest BCUT2D eigenvalue weighted by atomic mass is 32.2. The first-order chi connectivity index (χ1) is 15.1. The van der Waals surface area contributed by atoms with Crippen molar-refractivity contribution in [1.82, 2.24) is 10.2 Å². The van der Waals surface area contributed by atoms with Crippen molar-refractivity contribution in [1.29, 1.82) is 0 Å². The lowest BCUT2D eigenvalue weighted by Crippen LogP contribution is -2.71. The molecule has 2 amide bonds. The SMILES string of the molecule is CC(=O)OC(CN)C1=C(C(=O)O)N2C(=O)[C@H](NC(=O)Cc3ccccc3C(=O)O)[C@H]2SC1. The molecule has 2 aliphatic rings. The number of hydrogen-bond donors (Lipinski definition) is 4. The molecule has 1 saturated heterocycles. The van der Waals surface area contributed by atoms with Crippen molar-refractivity contribution in [2.45, 2.75) is 30.9 Å². The van der Waals surface area contributed by atoms with E-state index < -0.39 is 47.2 Å². The van der Waals surface area contributed by atoms with Gasteiger partial charge in [0.2, 0.25) is 5.91 Å². The maximum atomic E-state index is 12.7. The Hall–Kier alpha value is -3.38. The molecule has 0 spiro atoms. The Morgan fingerprint density at radius 3 is 2.53 bits per heavy atom. The van der Waals surface area contributed by atoms with Gasteiger partial charge < -0.3 is 26.0 Å². The number of aliphatic carboxylic acids is 1. The van der Waals surface area contributed by atoms with Crippen molar-refractivity contribution in [3.63, 3.8) is 0 Å². The van der Waals surface area contributed by atoms with Gasteiger partial charge in [-0.3, -0.25) is 19.3 Å². The third kappa shape index (κ3) is 4.46. The Labute approximate surface area is 186 Å². The van der Waals surface area contributed by atoms with Crippen molar-refractivity contribution in [2.75, 3.05) is 12.3 Å². The second kappa shape index (κ2) is 9.40. The summed E-state index contributed by atoms with van der Waals surface area (Å²) in [4.78, 5) is 60.8. The number of carboxylic acids is 2. The minimum absolute atomic E-state index is 0.0182. The van der Waals surface area contributed by atoms with Crippen LogP contribution in [0.4, 0.5) is 0 Å². The number of benzene rings is 1. The molecule has 0 aromatic heterocycles. The summed E-state index contributed by atoms with van der Waals surface area (Å²) in [6, 6.07) is 5.06. The molecule has 1 unspecified atom stereocenters. The third-order valence-corrected chi connectivity index (χ3v) is 6.33. The number of rotatable bonds is 8. The zero-order valence-corrected chi connectivity index (χ0v) is 17.8. The van der Waals surface area contributed by atoms with Crippen LogP contribution in [0.5, 0.6) is 0 Å². The predicted octanol–water partition coefficient (Wildman–Crippen LogP) is -0.444. The van der Waals surface area contributed by atoms with E-state index in [0.29, 0.717) is 0 Å². The summed E-state index contributed by atoms with van der Waals surface area (Å²) < 4.78 is 5.10. The first-order valence-electron chi connectivity index (χ1n) is 9.54. The van der Waals surface area contributed by atoms with E-state index in [1.54, 1.807) is 12.1 Å². The Balaban J connectivity index is 1.76. The normalized spacial score (nSPS) is 20.7. The van der Waals surface area contributed by atoms with E-state index in [2.05, 4.69) is 5.32 Å². The number of esters is 1. The first-order valence-corrected chi connectivity index (χ1v) is 10.6. The second-order valence-electron chi connectivity index (χ2n) is 7.11. The number of carbonyl (C=O) groups is 5. The van der Waals surface area contributed by atoms with Crippen LogP contribution in [0.3, 0.4) is 0 Å². The number of thioether (sulfide) groups is 1. The van der Waals surface area contributed by atoms with E-state index in [-0.39, 0.29) is 41.1 Å². The summed E-state index contributed by atoms with van der Waals surface area (Å²) in [7, 11) is 0. The van der Waals surface area contributed by atoms with Crippen LogP contribution in [0, 0.1) is 0 Å². The molecule has 2 aliphatic heterocycles. The van der Waals surface area contributed by atoms with Gasteiger partial charge in [0.15, 0.2) is 0 Å². The third-order valence-electron chi connectivity index (χ3n) is 5.03. The average Bonchev–Trinajstić information content (AvgIpc) is 2.74. The van der Waals surface area contributed by atoms with Gasteiger partial charge in [-0.2, -0.15) is 0 Å². The smallest absolute Gasteiger partial charge is 0.352 e. The van der Waals surface area contributed by atoms with Crippen molar-refractivity contribution in [3.05, 3.63) is 46.7 Å². The largest absolute Gasteiger partial charge is 0.478 e. The lowest BCUT2D eigenvalue weighted by atomic mass is 9.99. The number of carbonyl (C=O) groups excluding carboxylic acids is 3. The number of aromatic carboxylic acids is 1. The van der Waals surface area contributed by atoms with Gasteiger partial charge in [-0.15, -0.1) is 11.8 Å². The van der Waals surface area contributed by atoms with E-state index in [4.69, 9.17) is 10.5 Å². The maximum absolute atomic E-state index is 12.7. The Bertz CT molecular complexity index is 1020. The number of nitrogens with two attached hydrogens (primary N) is 1. The van der Waals surface area contributed by atoms with Gasteiger partial charge in [0.05, 0.1) is 12.0 Å². The minimum atomic E-state index is -1.37. The molecule has 1 aromatic carbocycles. The predicted molar refractivity (Wildman–Crippen MR) is 111 cm³/mol. The summed E-state index contributed by atoms with van der Waals surface area (Å²) >= 11 is 1.21. The molecule has 0 aliphatic carbocycles. The number of amides is 2. The van der Waals surface area contributed by atoms with Gasteiger partial charge in [-0.1, -0.05) is 18.2 Å². The fourth-order valence-corrected chi connectivity index (χ4v) is 5.04. The number of nitrogens with zero attached hydrogens (tertiary/aromatic N) is 1. The van der Waals surface area contributed by atoms with Gasteiger partial charge in [0, 0.05) is 24.8 Å². The molecule has 0 saturated carbocycles.